The Labute approximate surface area is 171 Å². The smallest absolute Gasteiger partial charge is 0.238 e. The molecule has 0 radical (unpaired) electrons. The van der Waals surface area contributed by atoms with E-state index in [0.717, 1.165) is 11.3 Å². The topological polar surface area (TPSA) is 61.9 Å². The summed E-state index contributed by atoms with van der Waals surface area (Å²) in [6.45, 7) is 3.29. The molecule has 150 valence electrons. The number of ether oxygens (including phenoxy) is 1. The fourth-order valence-electron chi connectivity index (χ4n) is 2.67. The Bertz CT molecular complexity index is 796. The molecule has 1 N–H and O–H groups in total. The zero-order valence-corrected chi connectivity index (χ0v) is 17.2. The van der Waals surface area contributed by atoms with Gasteiger partial charge in [0.15, 0.2) is 0 Å². The van der Waals surface area contributed by atoms with Crippen molar-refractivity contribution < 1.29 is 14.3 Å². The second-order valence-electron chi connectivity index (χ2n) is 6.46. The Morgan fingerprint density at radius 1 is 1.11 bits per heavy atom. The Hall–Kier alpha value is -2.57. The number of nitrogens with zero attached hydrogens (tertiary/aromatic N) is 2. The maximum atomic E-state index is 12.5. The summed E-state index contributed by atoms with van der Waals surface area (Å²) in [5.41, 5.74) is 1.65. The zero-order chi connectivity index (χ0) is 20.5. The third-order valence-electron chi connectivity index (χ3n) is 4.28. The van der Waals surface area contributed by atoms with E-state index in [9.17, 15) is 9.59 Å². The average molecular weight is 404 g/mol. The van der Waals surface area contributed by atoms with Gasteiger partial charge >= 0.3 is 0 Å². The van der Waals surface area contributed by atoms with E-state index >= 15 is 0 Å². The highest BCUT2D eigenvalue weighted by molar-refractivity contribution is 6.30. The van der Waals surface area contributed by atoms with Gasteiger partial charge in [-0.25, -0.2) is 0 Å². The molecule has 0 fully saturated rings. The number of hydrogen-bond donors (Lipinski definition) is 1. The van der Waals surface area contributed by atoms with Crippen molar-refractivity contribution >= 4 is 29.1 Å². The lowest BCUT2D eigenvalue weighted by Gasteiger charge is -2.23. The van der Waals surface area contributed by atoms with Crippen LogP contribution < -0.4 is 10.1 Å². The van der Waals surface area contributed by atoms with E-state index in [1.54, 1.807) is 54.3 Å². The number of anilines is 1. The lowest BCUT2D eigenvalue weighted by atomic mass is 10.2. The second kappa shape index (κ2) is 10.7. The van der Waals surface area contributed by atoms with Crippen LogP contribution in [0.1, 0.15) is 12.5 Å². The highest BCUT2D eigenvalue weighted by Crippen LogP contribution is 2.15. The number of carbonyl (C=O) groups is 2. The Balaban J connectivity index is 1.85. The highest BCUT2D eigenvalue weighted by atomic mass is 35.5. The standard InChI is InChI=1S/C21H26ClN3O3/c1-4-25(14-20(26)23-18-8-10-19(28-3)11-9-18)15-21(27)24(2)13-16-6-5-7-17(22)12-16/h5-12H,4,13-15H2,1-3H3,(H,23,26). The van der Waals surface area contributed by atoms with E-state index < -0.39 is 0 Å². The van der Waals surface area contributed by atoms with Gasteiger partial charge in [0.05, 0.1) is 20.2 Å². The molecule has 0 aromatic heterocycles. The molecule has 0 saturated heterocycles. The summed E-state index contributed by atoms with van der Waals surface area (Å²) in [5, 5.41) is 3.47. The first-order valence-corrected chi connectivity index (χ1v) is 9.43. The summed E-state index contributed by atoms with van der Waals surface area (Å²) in [5.74, 6) is 0.498. The summed E-state index contributed by atoms with van der Waals surface area (Å²) in [4.78, 5) is 28.2. The number of methoxy groups -OCH3 is 1. The lowest BCUT2D eigenvalue weighted by molar-refractivity contribution is -0.132. The molecule has 0 aliphatic rings. The molecule has 0 spiro atoms. The van der Waals surface area contributed by atoms with Gasteiger partial charge in [-0.2, -0.15) is 0 Å². The van der Waals surface area contributed by atoms with Crippen molar-refractivity contribution in [3.8, 4) is 5.75 Å². The number of benzene rings is 2. The first-order chi connectivity index (χ1) is 13.4. The van der Waals surface area contributed by atoms with Gasteiger partial charge in [-0.15, -0.1) is 0 Å². The van der Waals surface area contributed by atoms with Crippen molar-refractivity contribution in [3.63, 3.8) is 0 Å². The summed E-state index contributed by atoms with van der Waals surface area (Å²) < 4.78 is 5.10. The van der Waals surface area contributed by atoms with Gasteiger partial charge in [0.25, 0.3) is 0 Å². The maximum Gasteiger partial charge on any atom is 0.238 e. The molecule has 0 bridgehead atoms. The maximum absolute atomic E-state index is 12.5. The molecular weight excluding hydrogens is 378 g/mol. The minimum Gasteiger partial charge on any atom is -0.497 e. The monoisotopic (exact) mass is 403 g/mol. The Morgan fingerprint density at radius 3 is 2.43 bits per heavy atom. The van der Waals surface area contributed by atoms with Crippen LogP contribution in [0.25, 0.3) is 0 Å². The fraction of sp³-hybridized carbons (Fsp3) is 0.333. The van der Waals surface area contributed by atoms with Crippen LogP contribution in [0.15, 0.2) is 48.5 Å². The van der Waals surface area contributed by atoms with E-state index in [4.69, 9.17) is 16.3 Å². The van der Waals surface area contributed by atoms with Gasteiger partial charge in [-0.1, -0.05) is 30.7 Å². The summed E-state index contributed by atoms with van der Waals surface area (Å²) in [6, 6.07) is 14.5. The lowest BCUT2D eigenvalue weighted by Crippen LogP contribution is -2.41. The highest BCUT2D eigenvalue weighted by Gasteiger charge is 2.16. The van der Waals surface area contributed by atoms with Gasteiger partial charge < -0.3 is 15.0 Å². The molecule has 2 rings (SSSR count). The van der Waals surface area contributed by atoms with Crippen LogP contribution in [-0.2, 0) is 16.1 Å². The zero-order valence-electron chi connectivity index (χ0n) is 16.4. The van der Waals surface area contributed by atoms with Crippen LogP contribution in [-0.4, -0.2) is 55.4 Å². The van der Waals surface area contributed by atoms with E-state index in [1.807, 2.05) is 25.1 Å². The van der Waals surface area contributed by atoms with Crippen molar-refractivity contribution in [2.75, 3.05) is 39.1 Å². The molecule has 6 nitrogen and oxygen atoms in total. The van der Waals surface area contributed by atoms with Gasteiger partial charge in [-0.05, 0) is 48.5 Å². The Morgan fingerprint density at radius 2 is 1.82 bits per heavy atom. The van der Waals surface area contributed by atoms with Crippen LogP contribution >= 0.6 is 11.6 Å². The van der Waals surface area contributed by atoms with Crippen molar-refractivity contribution in [1.29, 1.82) is 0 Å². The molecule has 0 aliphatic heterocycles. The molecule has 0 aliphatic carbocycles. The van der Waals surface area contributed by atoms with Crippen LogP contribution in [0.4, 0.5) is 5.69 Å². The molecule has 0 unspecified atom stereocenters. The van der Waals surface area contributed by atoms with Crippen molar-refractivity contribution in [3.05, 3.63) is 59.1 Å². The molecule has 7 heteroatoms. The first kappa shape index (κ1) is 21.7. The fourth-order valence-corrected chi connectivity index (χ4v) is 2.88. The van der Waals surface area contributed by atoms with E-state index in [-0.39, 0.29) is 24.9 Å². The first-order valence-electron chi connectivity index (χ1n) is 9.06. The number of nitrogens with one attached hydrogen (secondary N) is 1. The number of amides is 2. The number of halogens is 1. The average Bonchev–Trinajstić information content (AvgIpc) is 2.67. The van der Waals surface area contributed by atoms with Crippen LogP contribution in [0.3, 0.4) is 0 Å². The third-order valence-corrected chi connectivity index (χ3v) is 4.52. The van der Waals surface area contributed by atoms with Gasteiger partial charge in [0.1, 0.15) is 5.75 Å². The second-order valence-corrected chi connectivity index (χ2v) is 6.90. The number of rotatable bonds is 9. The van der Waals surface area contributed by atoms with Crippen LogP contribution in [0.5, 0.6) is 5.75 Å². The molecular formula is C21H26ClN3O3. The van der Waals surface area contributed by atoms with Gasteiger partial charge in [0, 0.05) is 24.3 Å². The molecule has 0 saturated carbocycles. The van der Waals surface area contributed by atoms with Gasteiger partial charge in [0.2, 0.25) is 11.8 Å². The van der Waals surface area contributed by atoms with Crippen LogP contribution in [0, 0.1) is 0 Å². The molecule has 0 heterocycles. The van der Waals surface area contributed by atoms with Crippen molar-refractivity contribution in [2.45, 2.75) is 13.5 Å². The predicted molar refractivity (Wildman–Crippen MR) is 112 cm³/mol. The summed E-state index contributed by atoms with van der Waals surface area (Å²) >= 11 is 5.99. The summed E-state index contributed by atoms with van der Waals surface area (Å²) in [7, 11) is 3.33. The molecule has 28 heavy (non-hydrogen) atoms. The number of hydrogen-bond acceptors (Lipinski definition) is 4. The minimum atomic E-state index is -0.169. The van der Waals surface area contributed by atoms with Gasteiger partial charge in [-0.3, -0.25) is 14.5 Å². The van der Waals surface area contributed by atoms with Crippen molar-refractivity contribution in [1.82, 2.24) is 9.80 Å². The third kappa shape index (κ3) is 6.87. The summed E-state index contributed by atoms with van der Waals surface area (Å²) in [6.07, 6.45) is 0. The number of likely N-dealkylation sites (N-methyl/N-ethyl adjacent to an activating group) is 2. The molecule has 0 atom stereocenters. The van der Waals surface area contributed by atoms with Crippen molar-refractivity contribution in [2.24, 2.45) is 0 Å². The molecule has 2 aromatic rings. The molecule has 2 aromatic carbocycles. The minimum absolute atomic E-state index is 0.0564. The molecule has 2 amide bonds. The normalized spacial score (nSPS) is 10.6. The number of carbonyl (C=O) groups excluding carboxylic acids is 2. The SMILES string of the molecule is CCN(CC(=O)Nc1ccc(OC)cc1)CC(=O)N(C)Cc1cccc(Cl)c1. The van der Waals surface area contributed by atoms with Crippen LogP contribution in [0.2, 0.25) is 5.02 Å². The quantitative estimate of drug-likeness (QED) is 0.698. The Kier molecular flexibility index (Phi) is 8.29. The van der Waals surface area contributed by atoms with E-state index in [0.29, 0.717) is 23.8 Å². The van der Waals surface area contributed by atoms with E-state index in [1.165, 1.54) is 0 Å². The van der Waals surface area contributed by atoms with E-state index in [2.05, 4.69) is 5.32 Å². The largest absolute Gasteiger partial charge is 0.497 e. The predicted octanol–water partition coefficient (Wildman–Crippen LogP) is 3.27.